The average Bonchev–Trinajstić information content (AvgIpc) is 3.21. The SMILES string of the molecule is CCN(CC)CCCN1C(=O)c2oc3cc(OC)ccc3c(=O)c2C1c1cc(OC)c(OC)c(OC)c1. The minimum atomic E-state index is -0.671. The fourth-order valence-corrected chi connectivity index (χ4v) is 4.97. The Bertz CT molecular complexity index is 1320. The van der Waals surface area contributed by atoms with Crippen molar-refractivity contribution in [2.75, 3.05) is 54.6 Å². The van der Waals surface area contributed by atoms with Crippen LogP contribution in [0.5, 0.6) is 23.0 Å². The lowest BCUT2D eigenvalue weighted by molar-refractivity contribution is 0.0719. The van der Waals surface area contributed by atoms with Crippen LogP contribution in [0, 0.1) is 0 Å². The van der Waals surface area contributed by atoms with Crippen molar-refractivity contribution in [2.24, 2.45) is 0 Å². The summed E-state index contributed by atoms with van der Waals surface area (Å²) in [4.78, 5) is 31.6. The first kappa shape index (κ1) is 26.3. The highest BCUT2D eigenvalue weighted by molar-refractivity contribution is 5.99. The van der Waals surface area contributed by atoms with Crippen molar-refractivity contribution in [3.63, 3.8) is 0 Å². The summed E-state index contributed by atoms with van der Waals surface area (Å²) in [6, 6.07) is 7.89. The Labute approximate surface area is 216 Å². The van der Waals surface area contributed by atoms with Gasteiger partial charge in [0.2, 0.25) is 11.5 Å². The van der Waals surface area contributed by atoms with Crippen LogP contribution in [0.15, 0.2) is 39.5 Å². The minimum Gasteiger partial charge on any atom is -0.497 e. The molecule has 0 saturated carbocycles. The number of nitrogens with zero attached hydrogens (tertiary/aromatic N) is 2. The summed E-state index contributed by atoms with van der Waals surface area (Å²) >= 11 is 0. The number of fused-ring (bicyclic) bond motifs is 2. The second kappa shape index (κ2) is 11.1. The zero-order chi connectivity index (χ0) is 26.7. The van der Waals surface area contributed by atoms with Gasteiger partial charge in [-0.15, -0.1) is 0 Å². The van der Waals surface area contributed by atoms with E-state index in [2.05, 4.69) is 18.7 Å². The molecule has 0 fully saturated rings. The molecule has 37 heavy (non-hydrogen) atoms. The molecule has 0 radical (unpaired) electrons. The Kier molecular flexibility index (Phi) is 7.92. The van der Waals surface area contributed by atoms with E-state index in [0.717, 1.165) is 26.1 Å². The largest absolute Gasteiger partial charge is 0.497 e. The Balaban J connectivity index is 1.89. The molecule has 1 aliphatic heterocycles. The van der Waals surface area contributed by atoms with Crippen molar-refractivity contribution in [3.05, 3.63) is 57.4 Å². The van der Waals surface area contributed by atoms with E-state index in [0.29, 0.717) is 51.6 Å². The molecule has 4 rings (SSSR count). The molecule has 1 unspecified atom stereocenters. The Morgan fingerprint density at radius 2 is 1.59 bits per heavy atom. The smallest absolute Gasteiger partial charge is 0.290 e. The first-order chi connectivity index (χ1) is 17.9. The maximum atomic E-state index is 13.8. The summed E-state index contributed by atoms with van der Waals surface area (Å²) in [5, 5.41) is 0.384. The quantitative estimate of drug-likeness (QED) is 0.381. The first-order valence-corrected chi connectivity index (χ1v) is 12.4. The number of carbonyl (C=O) groups is 1. The van der Waals surface area contributed by atoms with Crippen LogP contribution >= 0.6 is 0 Å². The molecule has 0 spiro atoms. The summed E-state index contributed by atoms with van der Waals surface area (Å²) in [7, 11) is 6.14. The lowest BCUT2D eigenvalue weighted by Gasteiger charge is -2.27. The average molecular weight is 511 g/mol. The van der Waals surface area contributed by atoms with Crippen molar-refractivity contribution in [1.82, 2.24) is 9.80 Å². The highest BCUT2D eigenvalue weighted by Crippen LogP contribution is 2.45. The number of carbonyl (C=O) groups excluding carboxylic acids is 1. The van der Waals surface area contributed by atoms with Gasteiger partial charge in [-0.3, -0.25) is 9.59 Å². The van der Waals surface area contributed by atoms with E-state index in [1.54, 1.807) is 35.2 Å². The molecule has 0 aliphatic carbocycles. The first-order valence-electron chi connectivity index (χ1n) is 12.4. The van der Waals surface area contributed by atoms with E-state index in [1.165, 1.54) is 28.4 Å². The molecule has 198 valence electrons. The van der Waals surface area contributed by atoms with E-state index < -0.39 is 6.04 Å². The second-order valence-corrected chi connectivity index (χ2v) is 8.78. The number of hydrogen-bond acceptors (Lipinski definition) is 8. The highest BCUT2D eigenvalue weighted by Gasteiger charge is 2.43. The fraction of sp³-hybridized carbons (Fsp3) is 0.429. The van der Waals surface area contributed by atoms with Crippen molar-refractivity contribution in [3.8, 4) is 23.0 Å². The highest BCUT2D eigenvalue weighted by atomic mass is 16.5. The van der Waals surface area contributed by atoms with E-state index in [1.807, 2.05) is 0 Å². The van der Waals surface area contributed by atoms with Crippen molar-refractivity contribution >= 4 is 16.9 Å². The maximum Gasteiger partial charge on any atom is 0.290 e. The van der Waals surface area contributed by atoms with Gasteiger partial charge >= 0.3 is 0 Å². The van der Waals surface area contributed by atoms with Gasteiger partial charge in [-0.25, -0.2) is 0 Å². The van der Waals surface area contributed by atoms with Gasteiger partial charge in [0, 0.05) is 12.6 Å². The van der Waals surface area contributed by atoms with E-state index in [9.17, 15) is 9.59 Å². The molecule has 2 heterocycles. The maximum absolute atomic E-state index is 13.8. The molecule has 2 aromatic carbocycles. The van der Waals surface area contributed by atoms with Crippen LogP contribution in [0.2, 0.25) is 0 Å². The van der Waals surface area contributed by atoms with Crippen LogP contribution in [-0.2, 0) is 0 Å². The molecule has 1 aromatic heterocycles. The van der Waals surface area contributed by atoms with Crippen LogP contribution < -0.4 is 24.4 Å². The number of amides is 1. The third-order valence-electron chi connectivity index (χ3n) is 6.95. The zero-order valence-electron chi connectivity index (χ0n) is 22.3. The van der Waals surface area contributed by atoms with Gasteiger partial charge in [-0.2, -0.15) is 0 Å². The molecular weight excluding hydrogens is 476 g/mol. The number of methoxy groups -OCH3 is 4. The molecule has 3 aromatic rings. The number of ether oxygens (including phenoxy) is 4. The molecule has 1 aliphatic rings. The Morgan fingerprint density at radius 3 is 2.16 bits per heavy atom. The van der Waals surface area contributed by atoms with Gasteiger partial charge in [-0.1, -0.05) is 13.8 Å². The molecule has 0 saturated heterocycles. The van der Waals surface area contributed by atoms with Crippen molar-refractivity contribution < 1.29 is 28.2 Å². The van der Waals surface area contributed by atoms with E-state index in [-0.39, 0.29) is 17.1 Å². The van der Waals surface area contributed by atoms with Gasteiger partial charge in [-0.05, 0) is 55.9 Å². The third-order valence-corrected chi connectivity index (χ3v) is 6.95. The Morgan fingerprint density at radius 1 is 0.919 bits per heavy atom. The zero-order valence-corrected chi connectivity index (χ0v) is 22.3. The van der Waals surface area contributed by atoms with Crippen LogP contribution in [0.3, 0.4) is 0 Å². The second-order valence-electron chi connectivity index (χ2n) is 8.78. The van der Waals surface area contributed by atoms with E-state index >= 15 is 0 Å². The monoisotopic (exact) mass is 510 g/mol. The summed E-state index contributed by atoms with van der Waals surface area (Å²) in [6.07, 6.45) is 0.740. The number of hydrogen-bond donors (Lipinski definition) is 0. The molecule has 0 N–H and O–H groups in total. The van der Waals surface area contributed by atoms with Gasteiger partial charge < -0.3 is 33.2 Å². The van der Waals surface area contributed by atoms with E-state index in [4.69, 9.17) is 23.4 Å². The predicted octanol–water partition coefficient (Wildman–Crippen LogP) is 4.10. The molecular formula is C28H34N2O7. The molecule has 9 nitrogen and oxygen atoms in total. The fourth-order valence-electron chi connectivity index (χ4n) is 4.97. The third kappa shape index (κ3) is 4.71. The topological polar surface area (TPSA) is 90.7 Å². The minimum absolute atomic E-state index is 0.0485. The van der Waals surface area contributed by atoms with Crippen LogP contribution in [0.25, 0.3) is 11.0 Å². The van der Waals surface area contributed by atoms with Crippen LogP contribution in [0.4, 0.5) is 0 Å². The lowest BCUT2D eigenvalue weighted by atomic mass is 9.97. The normalized spacial score (nSPS) is 14.8. The predicted molar refractivity (Wildman–Crippen MR) is 140 cm³/mol. The molecule has 9 heteroatoms. The molecule has 0 bridgehead atoms. The van der Waals surface area contributed by atoms with Crippen molar-refractivity contribution in [2.45, 2.75) is 26.3 Å². The lowest BCUT2D eigenvalue weighted by Crippen LogP contribution is -2.33. The van der Waals surface area contributed by atoms with Crippen molar-refractivity contribution in [1.29, 1.82) is 0 Å². The molecule has 1 amide bonds. The summed E-state index contributed by atoms with van der Waals surface area (Å²) in [5.41, 5.74) is 1.03. The van der Waals surface area contributed by atoms with Gasteiger partial charge in [0.1, 0.15) is 11.3 Å². The van der Waals surface area contributed by atoms with Gasteiger partial charge in [0.15, 0.2) is 16.9 Å². The van der Waals surface area contributed by atoms with Gasteiger partial charge in [0.05, 0.1) is 45.4 Å². The Hall–Kier alpha value is -3.72. The number of rotatable bonds is 11. The standard InChI is InChI=1S/C28H34N2O7/c1-7-29(8-2)12-9-13-30-24(17-14-21(34-4)26(36-6)22(15-17)35-5)23-25(31)19-11-10-18(33-3)16-20(19)37-27(23)28(30)32/h10-11,14-16,24H,7-9,12-13H2,1-6H3. The van der Waals surface area contributed by atoms with Gasteiger partial charge in [0.25, 0.3) is 5.91 Å². The van der Waals surface area contributed by atoms with Crippen LogP contribution in [0.1, 0.15) is 48.0 Å². The molecule has 1 atom stereocenters. The summed E-state index contributed by atoms with van der Waals surface area (Å²) < 4.78 is 28.0. The van der Waals surface area contributed by atoms with Crippen LogP contribution in [-0.4, -0.2) is 70.3 Å². The number of benzene rings is 2. The summed E-state index contributed by atoms with van der Waals surface area (Å²) in [5.74, 6) is 1.58. The summed E-state index contributed by atoms with van der Waals surface area (Å²) in [6.45, 7) is 7.35.